The number of nitrogens with zero attached hydrogens (tertiary/aromatic N) is 3. The highest BCUT2D eigenvalue weighted by atomic mass is 16.3. The molecular weight excluding hydrogens is 264 g/mol. The van der Waals surface area contributed by atoms with E-state index < -0.39 is 0 Å². The summed E-state index contributed by atoms with van der Waals surface area (Å²) in [6.45, 7) is 2.15. The van der Waals surface area contributed by atoms with Crippen LogP contribution in [0.25, 0.3) is 10.9 Å². The van der Waals surface area contributed by atoms with Crippen molar-refractivity contribution in [1.82, 2.24) is 20.1 Å². The summed E-state index contributed by atoms with van der Waals surface area (Å²) in [5.41, 5.74) is 3.34. The normalized spacial score (nSPS) is 11.1. The van der Waals surface area contributed by atoms with E-state index in [4.69, 9.17) is 5.11 Å². The van der Waals surface area contributed by atoms with Gasteiger partial charge in [-0.3, -0.25) is 9.67 Å². The Morgan fingerprint density at radius 3 is 2.95 bits per heavy atom. The fourth-order valence-corrected chi connectivity index (χ4v) is 2.37. The monoisotopic (exact) mass is 282 g/mol. The van der Waals surface area contributed by atoms with E-state index in [-0.39, 0.29) is 6.61 Å². The number of hydrogen-bond donors (Lipinski definition) is 2. The molecule has 0 amide bonds. The lowest BCUT2D eigenvalue weighted by Gasteiger charge is -2.06. The maximum absolute atomic E-state index is 8.87. The predicted molar refractivity (Wildman–Crippen MR) is 81.6 cm³/mol. The first-order chi connectivity index (χ1) is 10.4. The molecule has 0 atom stereocenters. The highest BCUT2D eigenvalue weighted by Gasteiger charge is 2.02. The van der Waals surface area contributed by atoms with Gasteiger partial charge >= 0.3 is 0 Å². The number of pyridine rings is 1. The molecule has 0 aliphatic rings. The lowest BCUT2D eigenvalue weighted by atomic mass is 10.1. The fraction of sp³-hybridized carbons (Fsp3) is 0.250. The van der Waals surface area contributed by atoms with E-state index in [0.717, 1.165) is 29.6 Å². The van der Waals surface area contributed by atoms with E-state index in [1.807, 2.05) is 24.7 Å². The lowest BCUT2D eigenvalue weighted by molar-refractivity contribution is 0.269. The summed E-state index contributed by atoms with van der Waals surface area (Å²) in [5.74, 6) is 0. The van der Waals surface area contributed by atoms with Gasteiger partial charge in [0.15, 0.2) is 0 Å². The third-order valence-electron chi connectivity index (χ3n) is 3.38. The highest BCUT2D eigenvalue weighted by molar-refractivity contribution is 5.81. The van der Waals surface area contributed by atoms with E-state index in [2.05, 4.69) is 39.7 Å². The number of hydrogen-bond acceptors (Lipinski definition) is 4. The zero-order valence-electron chi connectivity index (χ0n) is 11.7. The second-order valence-electron chi connectivity index (χ2n) is 4.93. The van der Waals surface area contributed by atoms with Crippen molar-refractivity contribution >= 4 is 10.9 Å². The molecule has 0 saturated heterocycles. The van der Waals surface area contributed by atoms with Crippen LogP contribution in [-0.2, 0) is 19.6 Å². The Morgan fingerprint density at radius 2 is 2.05 bits per heavy atom. The Kier molecular flexibility index (Phi) is 4.23. The molecule has 21 heavy (non-hydrogen) atoms. The molecule has 108 valence electrons. The summed E-state index contributed by atoms with van der Waals surface area (Å²) in [6.07, 6.45) is 5.60. The molecule has 2 N–H and O–H groups in total. The van der Waals surface area contributed by atoms with Gasteiger partial charge in [0.05, 0.1) is 24.9 Å². The minimum atomic E-state index is 0.107. The molecule has 3 rings (SSSR count). The molecule has 5 nitrogen and oxygen atoms in total. The van der Waals surface area contributed by atoms with Gasteiger partial charge in [0.25, 0.3) is 0 Å². The number of benzene rings is 1. The predicted octanol–water partition coefficient (Wildman–Crippen LogP) is 1.71. The van der Waals surface area contributed by atoms with E-state index in [9.17, 15) is 0 Å². The first-order valence-electron chi connectivity index (χ1n) is 7.02. The van der Waals surface area contributed by atoms with Crippen molar-refractivity contribution in [2.24, 2.45) is 0 Å². The van der Waals surface area contributed by atoms with Crippen LogP contribution in [0, 0.1) is 0 Å². The van der Waals surface area contributed by atoms with E-state index >= 15 is 0 Å². The van der Waals surface area contributed by atoms with Crippen molar-refractivity contribution in [1.29, 1.82) is 0 Å². The molecule has 2 heterocycles. The number of rotatable bonds is 6. The van der Waals surface area contributed by atoms with Crippen LogP contribution in [0.3, 0.4) is 0 Å². The maximum Gasteiger partial charge on any atom is 0.0746 e. The molecule has 0 fully saturated rings. The summed E-state index contributed by atoms with van der Waals surface area (Å²) in [5, 5.41) is 17.6. The van der Waals surface area contributed by atoms with Crippen molar-refractivity contribution in [3.8, 4) is 0 Å². The average Bonchev–Trinajstić information content (AvgIpc) is 2.96. The van der Waals surface area contributed by atoms with Gasteiger partial charge in [0, 0.05) is 36.4 Å². The molecule has 3 aromatic rings. The first kappa shape index (κ1) is 13.7. The quantitative estimate of drug-likeness (QED) is 0.722. The van der Waals surface area contributed by atoms with Crippen LogP contribution >= 0.6 is 0 Å². The number of aliphatic hydroxyl groups excluding tert-OH is 1. The molecule has 0 saturated carbocycles. The average molecular weight is 282 g/mol. The number of para-hydroxylation sites is 1. The van der Waals surface area contributed by atoms with Crippen LogP contribution in [0.15, 0.2) is 48.9 Å². The summed E-state index contributed by atoms with van der Waals surface area (Å²) in [7, 11) is 0. The van der Waals surface area contributed by atoms with E-state index in [1.165, 1.54) is 5.56 Å². The van der Waals surface area contributed by atoms with Gasteiger partial charge in [-0.2, -0.15) is 5.10 Å². The largest absolute Gasteiger partial charge is 0.394 e. The number of aliphatic hydroxyl groups is 1. The Morgan fingerprint density at radius 1 is 1.14 bits per heavy atom. The van der Waals surface area contributed by atoms with Crippen LogP contribution in [-0.4, -0.2) is 26.5 Å². The minimum Gasteiger partial charge on any atom is -0.394 e. The zero-order chi connectivity index (χ0) is 14.5. The molecule has 0 aliphatic carbocycles. The summed E-state index contributed by atoms with van der Waals surface area (Å²) < 4.78 is 1.75. The van der Waals surface area contributed by atoms with Gasteiger partial charge in [0.2, 0.25) is 0 Å². The van der Waals surface area contributed by atoms with Gasteiger partial charge in [-0.25, -0.2) is 0 Å². The second kappa shape index (κ2) is 6.47. The van der Waals surface area contributed by atoms with Crippen LogP contribution in [0.1, 0.15) is 11.1 Å². The van der Waals surface area contributed by atoms with Gasteiger partial charge in [-0.15, -0.1) is 0 Å². The van der Waals surface area contributed by atoms with Crippen LogP contribution in [0.4, 0.5) is 0 Å². The summed E-state index contributed by atoms with van der Waals surface area (Å²) >= 11 is 0. The minimum absolute atomic E-state index is 0.107. The van der Waals surface area contributed by atoms with E-state index in [0.29, 0.717) is 6.54 Å². The highest BCUT2D eigenvalue weighted by Crippen LogP contribution is 2.15. The van der Waals surface area contributed by atoms with Crippen LogP contribution in [0.5, 0.6) is 0 Å². The fourth-order valence-electron chi connectivity index (χ4n) is 2.37. The molecule has 2 aromatic heterocycles. The number of nitrogens with one attached hydrogen (secondary N) is 1. The molecule has 0 spiro atoms. The molecular formula is C16H18N4O. The molecule has 0 bridgehead atoms. The smallest absolute Gasteiger partial charge is 0.0746 e. The third kappa shape index (κ3) is 3.26. The van der Waals surface area contributed by atoms with Gasteiger partial charge in [-0.1, -0.05) is 24.3 Å². The molecule has 0 aliphatic heterocycles. The SMILES string of the molecule is OCCn1cc(CNCc2cccc3cccnc23)cn1. The van der Waals surface area contributed by atoms with Crippen molar-refractivity contribution in [2.45, 2.75) is 19.6 Å². The molecule has 1 aromatic carbocycles. The van der Waals surface area contributed by atoms with Crippen molar-refractivity contribution in [3.05, 3.63) is 60.0 Å². The molecule has 5 heteroatoms. The topological polar surface area (TPSA) is 63.0 Å². The maximum atomic E-state index is 8.87. The van der Waals surface area contributed by atoms with E-state index in [1.54, 1.807) is 4.68 Å². The standard InChI is InChI=1S/C16H18N4O/c21-8-7-20-12-13(10-19-20)9-17-11-15-4-1-3-14-5-2-6-18-16(14)15/h1-6,10,12,17,21H,7-9,11H2. The lowest BCUT2D eigenvalue weighted by Crippen LogP contribution is -2.12. The van der Waals surface area contributed by atoms with Gasteiger partial charge in [-0.05, 0) is 11.6 Å². The number of fused-ring (bicyclic) bond motifs is 1. The second-order valence-corrected chi connectivity index (χ2v) is 4.93. The number of aromatic nitrogens is 3. The van der Waals surface area contributed by atoms with Crippen LogP contribution in [0.2, 0.25) is 0 Å². The summed E-state index contributed by atoms with van der Waals surface area (Å²) in [4.78, 5) is 4.45. The molecule has 0 radical (unpaired) electrons. The Labute approximate surface area is 123 Å². The van der Waals surface area contributed by atoms with Gasteiger partial charge < -0.3 is 10.4 Å². The van der Waals surface area contributed by atoms with Crippen molar-refractivity contribution in [2.75, 3.05) is 6.61 Å². The zero-order valence-corrected chi connectivity index (χ0v) is 11.7. The van der Waals surface area contributed by atoms with Crippen molar-refractivity contribution < 1.29 is 5.11 Å². The summed E-state index contributed by atoms with van der Waals surface area (Å²) in [6, 6.07) is 10.3. The Bertz CT molecular complexity index is 718. The third-order valence-corrected chi connectivity index (χ3v) is 3.38. The first-order valence-corrected chi connectivity index (χ1v) is 7.02. The Balaban J connectivity index is 1.63. The van der Waals surface area contributed by atoms with Crippen LogP contribution < -0.4 is 5.32 Å². The van der Waals surface area contributed by atoms with Gasteiger partial charge in [0.1, 0.15) is 0 Å². The Hall–Kier alpha value is -2.24. The van der Waals surface area contributed by atoms with Crippen molar-refractivity contribution in [3.63, 3.8) is 0 Å². The molecule has 0 unspecified atom stereocenters.